The van der Waals surface area contributed by atoms with Crippen molar-refractivity contribution in [3.05, 3.63) is 72.6 Å². The number of aromatic nitrogens is 3. The maximum Gasteiger partial charge on any atom is 0.459 e. The predicted molar refractivity (Wildman–Crippen MR) is 177 cm³/mol. The molecular formula is C33H40N5O7P. The Bertz CT molecular complexity index is 1910. The van der Waals surface area contributed by atoms with E-state index < -0.39 is 38.2 Å². The van der Waals surface area contributed by atoms with Gasteiger partial charge in [0.15, 0.2) is 11.5 Å². The van der Waals surface area contributed by atoms with E-state index in [-0.39, 0.29) is 24.6 Å². The Morgan fingerprint density at radius 1 is 1.04 bits per heavy atom. The summed E-state index contributed by atoms with van der Waals surface area (Å²) in [4.78, 5) is 22.0. The molecule has 0 spiro atoms. The highest BCUT2D eigenvalue weighted by Crippen LogP contribution is 2.47. The standard InChI is InChI=1S/C33H40N5O7P/c1-6-33(40,38-28(19-42-7-2)36-29-30(38)26-14-10-11-15-27(26)35-31(29)34)20-43-46(41,37-22(5)32(39)44-21(3)4)45-25-17-16-23-12-8-9-13-24(23)18-25/h8-18,21-22,40H,6-7,19-20H2,1-5H3,(H2,34,35)(H,37,41)/t22-,33-,46-/m0/s1. The normalized spacial score (nSPS) is 15.2. The summed E-state index contributed by atoms with van der Waals surface area (Å²) in [5.74, 6) is 0.172. The Labute approximate surface area is 267 Å². The van der Waals surface area contributed by atoms with Crippen LogP contribution in [0.25, 0.3) is 32.7 Å². The molecule has 46 heavy (non-hydrogen) atoms. The number of anilines is 1. The highest BCUT2D eigenvalue weighted by molar-refractivity contribution is 7.52. The number of rotatable bonds is 14. The average Bonchev–Trinajstić information content (AvgIpc) is 3.43. The van der Waals surface area contributed by atoms with Crippen LogP contribution in [0.15, 0.2) is 66.7 Å². The van der Waals surface area contributed by atoms with Crippen LogP contribution in [-0.4, -0.2) is 51.0 Å². The number of nitrogens with one attached hydrogen (secondary N) is 1. The molecule has 0 amide bonds. The topological polar surface area (TPSA) is 160 Å². The van der Waals surface area contributed by atoms with Gasteiger partial charge >= 0.3 is 13.7 Å². The monoisotopic (exact) mass is 649 g/mol. The van der Waals surface area contributed by atoms with Crippen molar-refractivity contribution in [2.45, 2.75) is 65.5 Å². The number of para-hydroxylation sites is 1. The predicted octanol–water partition coefficient (Wildman–Crippen LogP) is 6.04. The van der Waals surface area contributed by atoms with E-state index in [1.165, 1.54) is 6.92 Å². The van der Waals surface area contributed by atoms with Crippen LogP contribution >= 0.6 is 7.75 Å². The van der Waals surface area contributed by atoms with E-state index in [2.05, 4.69) is 10.1 Å². The Morgan fingerprint density at radius 3 is 2.48 bits per heavy atom. The van der Waals surface area contributed by atoms with Crippen molar-refractivity contribution in [3.8, 4) is 5.75 Å². The highest BCUT2D eigenvalue weighted by Gasteiger charge is 2.39. The van der Waals surface area contributed by atoms with Gasteiger partial charge in [0.25, 0.3) is 0 Å². The molecule has 2 aromatic heterocycles. The third-order valence-electron chi connectivity index (χ3n) is 7.48. The third kappa shape index (κ3) is 7.01. The number of pyridine rings is 1. The van der Waals surface area contributed by atoms with Crippen molar-refractivity contribution in [2.24, 2.45) is 0 Å². The first kappa shape index (κ1) is 33.3. The van der Waals surface area contributed by atoms with E-state index in [0.717, 1.165) is 10.8 Å². The van der Waals surface area contributed by atoms with Crippen molar-refractivity contribution >= 4 is 52.2 Å². The molecule has 12 nitrogen and oxygen atoms in total. The van der Waals surface area contributed by atoms with Crippen molar-refractivity contribution in [2.75, 3.05) is 18.9 Å². The summed E-state index contributed by atoms with van der Waals surface area (Å²) < 4.78 is 39.1. The fourth-order valence-corrected chi connectivity index (χ4v) is 6.70. The molecule has 244 valence electrons. The lowest BCUT2D eigenvalue weighted by Gasteiger charge is -2.33. The number of nitrogens with two attached hydrogens (primary N) is 1. The number of benzene rings is 3. The fourth-order valence-electron chi connectivity index (χ4n) is 5.18. The van der Waals surface area contributed by atoms with Crippen molar-refractivity contribution in [3.63, 3.8) is 0 Å². The van der Waals surface area contributed by atoms with E-state index in [0.29, 0.717) is 34.4 Å². The molecule has 0 bridgehead atoms. The average molecular weight is 650 g/mol. The molecule has 5 aromatic rings. The van der Waals surface area contributed by atoms with E-state index in [4.69, 9.17) is 29.2 Å². The van der Waals surface area contributed by atoms with Gasteiger partial charge in [-0.2, -0.15) is 5.09 Å². The number of esters is 1. The van der Waals surface area contributed by atoms with Gasteiger partial charge in [-0.15, -0.1) is 0 Å². The molecule has 3 atom stereocenters. The Balaban J connectivity index is 1.56. The first-order valence-electron chi connectivity index (χ1n) is 15.2. The van der Waals surface area contributed by atoms with Crippen molar-refractivity contribution in [1.29, 1.82) is 0 Å². The van der Waals surface area contributed by atoms with Crippen molar-refractivity contribution < 1.29 is 33.0 Å². The number of hydrogen-bond acceptors (Lipinski definition) is 10. The minimum absolute atomic E-state index is 0.0584. The third-order valence-corrected chi connectivity index (χ3v) is 9.10. The summed E-state index contributed by atoms with van der Waals surface area (Å²) in [5.41, 5.74) is 6.05. The number of hydrogen-bond donors (Lipinski definition) is 3. The summed E-state index contributed by atoms with van der Waals surface area (Å²) in [7, 11) is -4.35. The second-order valence-corrected chi connectivity index (χ2v) is 12.9. The van der Waals surface area contributed by atoms with Gasteiger partial charge < -0.3 is 24.8 Å². The van der Waals surface area contributed by atoms with E-state index in [9.17, 15) is 14.5 Å². The van der Waals surface area contributed by atoms with E-state index in [1.54, 1.807) is 37.5 Å². The Kier molecular flexibility index (Phi) is 9.95. The molecule has 3 aromatic carbocycles. The maximum atomic E-state index is 14.5. The lowest BCUT2D eigenvalue weighted by Crippen LogP contribution is -2.41. The Hall–Kier alpha value is -4.06. The number of carbonyl (C=O) groups is 1. The summed E-state index contributed by atoms with van der Waals surface area (Å²) in [6.45, 7) is 8.49. The van der Waals surface area contributed by atoms with Crippen molar-refractivity contribution in [1.82, 2.24) is 19.6 Å². The molecule has 0 unspecified atom stereocenters. The molecular weight excluding hydrogens is 609 g/mol. The number of fused-ring (bicyclic) bond motifs is 4. The second kappa shape index (κ2) is 13.7. The molecule has 0 aliphatic rings. The van der Waals surface area contributed by atoms with Crippen LogP contribution in [0.2, 0.25) is 0 Å². The molecule has 0 saturated carbocycles. The zero-order valence-corrected chi connectivity index (χ0v) is 27.5. The first-order valence-corrected chi connectivity index (χ1v) is 16.8. The molecule has 0 radical (unpaired) electrons. The number of nitrogens with zero attached hydrogens (tertiary/aromatic N) is 3. The lowest BCUT2D eigenvalue weighted by molar-refractivity contribution is -0.149. The van der Waals surface area contributed by atoms with Gasteiger partial charge in [-0.3, -0.25) is 13.9 Å². The minimum atomic E-state index is -4.35. The molecule has 4 N–H and O–H groups in total. The molecule has 0 aliphatic heterocycles. The second-order valence-electron chi connectivity index (χ2n) is 11.3. The largest absolute Gasteiger partial charge is 0.462 e. The maximum absolute atomic E-state index is 14.5. The number of nitrogen functional groups attached to an aromatic ring is 1. The summed E-state index contributed by atoms with van der Waals surface area (Å²) in [6.07, 6.45) is -0.284. The van der Waals surface area contributed by atoms with Crippen LogP contribution in [0.3, 0.4) is 0 Å². The Morgan fingerprint density at radius 2 is 1.76 bits per heavy atom. The smallest absolute Gasteiger partial charge is 0.459 e. The molecule has 13 heteroatoms. The van der Waals surface area contributed by atoms with Crippen LogP contribution < -0.4 is 15.3 Å². The lowest BCUT2D eigenvalue weighted by atomic mass is 10.1. The molecule has 0 saturated heterocycles. The van der Waals surface area contributed by atoms with Gasteiger partial charge in [0, 0.05) is 12.0 Å². The van der Waals surface area contributed by atoms with E-state index >= 15 is 0 Å². The zero-order chi connectivity index (χ0) is 33.1. The summed E-state index contributed by atoms with van der Waals surface area (Å²) in [6, 6.07) is 19.2. The van der Waals surface area contributed by atoms with Crippen LogP contribution in [0.1, 0.15) is 46.9 Å². The minimum Gasteiger partial charge on any atom is -0.462 e. The van der Waals surface area contributed by atoms with Crippen LogP contribution in [0, 0.1) is 0 Å². The number of imidazole rings is 1. The number of aliphatic hydroxyl groups is 1. The van der Waals surface area contributed by atoms with Gasteiger partial charge in [0.05, 0.1) is 17.1 Å². The summed E-state index contributed by atoms with van der Waals surface area (Å²) in [5, 5.41) is 17.6. The van der Waals surface area contributed by atoms with Gasteiger partial charge in [0.2, 0.25) is 0 Å². The van der Waals surface area contributed by atoms with Gasteiger partial charge in [-0.25, -0.2) is 14.5 Å². The highest BCUT2D eigenvalue weighted by atomic mass is 31.2. The summed E-state index contributed by atoms with van der Waals surface area (Å²) >= 11 is 0. The first-order chi connectivity index (χ1) is 22.0. The van der Waals surface area contributed by atoms with Gasteiger partial charge in [0.1, 0.15) is 36.3 Å². The van der Waals surface area contributed by atoms with Crippen LogP contribution in [-0.2, 0) is 35.7 Å². The quantitative estimate of drug-likeness (QED) is 0.0950. The molecule has 5 rings (SSSR count). The fraction of sp³-hybridized carbons (Fsp3) is 0.364. The molecule has 0 aliphatic carbocycles. The SMILES string of the molecule is CCOCc1nc2c(N)nc3ccccc3c2n1[C@](O)(CC)CO[P@@](=O)(N[C@@H](C)C(=O)OC(C)C)Oc1ccc2ccccc2c1. The van der Waals surface area contributed by atoms with Crippen LogP contribution in [0.4, 0.5) is 5.82 Å². The molecule has 0 fully saturated rings. The van der Waals surface area contributed by atoms with Crippen LogP contribution in [0.5, 0.6) is 5.75 Å². The van der Waals surface area contributed by atoms with E-state index in [1.807, 2.05) is 61.5 Å². The van der Waals surface area contributed by atoms with Gasteiger partial charge in [-0.05, 0) is 63.1 Å². The van der Waals surface area contributed by atoms with Gasteiger partial charge in [-0.1, -0.05) is 55.5 Å². The zero-order valence-electron chi connectivity index (χ0n) is 26.6. The molecule has 2 heterocycles. The number of ether oxygens (including phenoxy) is 2. The number of carbonyl (C=O) groups excluding carboxylic acids is 1.